The van der Waals surface area contributed by atoms with Crippen LogP contribution in [0.5, 0.6) is 0 Å². The molecular formula is C13H17F2N3. The second kappa shape index (κ2) is 4.78. The molecular weight excluding hydrogens is 236 g/mol. The Kier molecular flexibility index (Phi) is 3.14. The fourth-order valence-electron chi connectivity index (χ4n) is 2.46. The van der Waals surface area contributed by atoms with Crippen LogP contribution in [0.4, 0.5) is 14.6 Å². The molecule has 0 bridgehead atoms. The summed E-state index contributed by atoms with van der Waals surface area (Å²) in [5.74, 6) is 1.91. The fourth-order valence-corrected chi connectivity index (χ4v) is 2.46. The van der Waals surface area contributed by atoms with Crippen LogP contribution in [0.2, 0.25) is 0 Å². The quantitative estimate of drug-likeness (QED) is 0.829. The van der Waals surface area contributed by atoms with Crippen molar-refractivity contribution >= 4 is 5.82 Å². The topological polar surface area (TPSA) is 29.0 Å². The summed E-state index contributed by atoms with van der Waals surface area (Å²) in [6, 6.07) is 1.88. The third-order valence-corrected chi connectivity index (χ3v) is 3.82. The molecule has 2 fully saturated rings. The Labute approximate surface area is 105 Å². The zero-order valence-corrected chi connectivity index (χ0v) is 10.2. The number of nitrogens with zero attached hydrogens (tertiary/aromatic N) is 3. The summed E-state index contributed by atoms with van der Waals surface area (Å²) in [6.45, 7) is 1.35. The van der Waals surface area contributed by atoms with Crippen LogP contribution in [0.3, 0.4) is 0 Å². The molecule has 0 atom stereocenters. The van der Waals surface area contributed by atoms with E-state index in [1.807, 2.05) is 6.07 Å². The van der Waals surface area contributed by atoms with Gasteiger partial charge in [-0.3, -0.25) is 0 Å². The summed E-state index contributed by atoms with van der Waals surface area (Å²) < 4.78 is 25.2. The van der Waals surface area contributed by atoms with E-state index in [-0.39, 0.29) is 0 Å². The molecule has 0 unspecified atom stereocenters. The highest BCUT2D eigenvalue weighted by Crippen LogP contribution is 2.38. The Bertz CT molecular complexity index is 412. The molecule has 1 aliphatic carbocycles. The standard InChI is InChI=1S/C13H17F2N3/c14-12(15)9-4-7-18(8-5-9)11-3-6-16-13(17-11)10-1-2-10/h3,6,9-10,12H,1-2,4-5,7-8H2. The minimum atomic E-state index is -2.18. The van der Waals surface area contributed by atoms with Gasteiger partial charge in [-0.25, -0.2) is 18.7 Å². The van der Waals surface area contributed by atoms with Crippen molar-refractivity contribution in [1.82, 2.24) is 9.97 Å². The van der Waals surface area contributed by atoms with E-state index < -0.39 is 12.3 Å². The number of hydrogen-bond acceptors (Lipinski definition) is 3. The van der Waals surface area contributed by atoms with Crippen molar-refractivity contribution in [3.8, 4) is 0 Å². The lowest BCUT2D eigenvalue weighted by Gasteiger charge is -2.32. The minimum absolute atomic E-state index is 0.439. The molecule has 3 nitrogen and oxygen atoms in total. The van der Waals surface area contributed by atoms with Crippen LogP contribution in [-0.4, -0.2) is 29.5 Å². The summed E-state index contributed by atoms with van der Waals surface area (Å²) >= 11 is 0. The lowest BCUT2D eigenvalue weighted by Crippen LogP contribution is -2.36. The summed E-state index contributed by atoms with van der Waals surface area (Å²) in [6.07, 6.45) is 3.07. The van der Waals surface area contributed by atoms with Gasteiger partial charge in [0.25, 0.3) is 0 Å². The zero-order valence-electron chi connectivity index (χ0n) is 10.2. The van der Waals surface area contributed by atoms with E-state index in [2.05, 4.69) is 14.9 Å². The van der Waals surface area contributed by atoms with Crippen molar-refractivity contribution in [1.29, 1.82) is 0 Å². The number of piperidine rings is 1. The van der Waals surface area contributed by atoms with Crippen LogP contribution in [0, 0.1) is 5.92 Å². The van der Waals surface area contributed by atoms with Crippen LogP contribution in [0.1, 0.15) is 37.4 Å². The first-order valence-corrected chi connectivity index (χ1v) is 6.60. The number of halogens is 2. The predicted molar refractivity (Wildman–Crippen MR) is 64.9 cm³/mol. The maximum Gasteiger partial charge on any atom is 0.241 e. The maximum absolute atomic E-state index is 12.6. The molecule has 1 saturated heterocycles. The van der Waals surface area contributed by atoms with Gasteiger partial charge in [0.2, 0.25) is 6.43 Å². The number of alkyl halides is 2. The fraction of sp³-hybridized carbons (Fsp3) is 0.692. The summed E-state index contributed by atoms with van der Waals surface area (Å²) in [5, 5.41) is 0. The Morgan fingerprint density at radius 2 is 1.89 bits per heavy atom. The molecule has 0 radical (unpaired) electrons. The average Bonchev–Trinajstić information content (AvgIpc) is 3.23. The minimum Gasteiger partial charge on any atom is -0.356 e. The van der Waals surface area contributed by atoms with E-state index in [4.69, 9.17) is 0 Å². The zero-order chi connectivity index (χ0) is 12.5. The Balaban J connectivity index is 1.66. The molecule has 2 aliphatic rings. The van der Waals surface area contributed by atoms with Gasteiger partial charge >= 0.3 is 0 Å². The van der Waals surface area contributed by atoms with Crippen molar-refractivity contribution in [2.75, 3.05) is 18.0 Å². The number of rotatable bonds is 3. The van der Waals surface area contributed by atoms with Crippen molar-refractivity contribution < 1.29 is 8.78 Å². The lowest BCUT2D eigenvalue weighted by molar-refractivity contribution is 0.0635. The molecule has 1 saturated carbocycles. The van der Waals surface area contributed by atoms with E-state index in [1.165, 1.54) is 12.8 Å². The van der Waals surface area contributed by atoms with E-state index in [0.29, 0.717) is 31.8 Å². The SMILES string of the molecule is FC(F)C1CCN(c2ccnc(C3CC3)n2)CC1. The Morgan fingerprint density at radius 1 is 1.17 bits per heavy atom. The van der Waals surface area contributed by atoms with Gasteiger partial charge in [-0.1, -0.05) is 0 Å². The van der Waals surface area contributed by atoms with Crippen LogP contribution in [0.15, 0.2) is 12.3 Å². The van der Waals surface area contributed by atoms with Crippen molar-refractivity contribution in [2.45, 2.75) is 38.0 Å². The van der Waals surface area contributed by atoms with Crippen molar-refractivity contribution in [3.05, 3.63) is 18.1 Å². The van der Waals surface area contributed by atoms with Gasteiger partial charge in [0.1, 0.15) is 11.6 Å². The van der Waals surface area contributed by atoms with Gasteiger partial charge in [0.15, 0.2) is 0 Å². The third kappa shape index (κ3) is 2.44. The largest absolute Gasteiger partial charge is 0.356 e. The van der Waals surface area contributed by atoms with E-state index >= 15 is 0 Å². The maximum atomic E-state index is 12.6. The molecule has 1 aliphatic heterocycles. The van der Waals surface area contributed by atoms with Gasteiger partial charge in [-0.05, 0) is 31.7 Å². The first-order chi connectivity index (χ1) is 8.74. The van der Waals surface area contributed by atoms with Crippen LogP contribution < -0.4 is 4.90 Å². The second-order valence-electron chi connectivity index (χ2n) is 5.21. The third-order valence-electron chi connectivity index (χ3n) is 3.82. The normalized spacial score (nSPS) is 21.6. The molecule has 3 rings (SSSR count). The molecule has 1 aromatic rings. The summed E-state index contributed by atoms with van der Waals surface area (Å²) in [7, 11) is 0. The molecule has 0 N–H and O–H groups in total. The molecule has 2 heterocycles. The van der Waals surface area contributed by atoms with E-state index in [0.717, 1.165) is 11.6 Å². The van der Waals surface area contributed by atoms with Gasteiger partial charge in [0.05, 0.1) is 0 Å². The summed E-state index contributed by atoms with van der Waals surface area (Å²) in [4.78, 5) is 10.9. The van der Waals surface area contributed by atoms with Crippen LogP contribution >= 0.6 is 0 Å². The van der Waals surface area contributed by atoms with Crippen LogP contribution in [-0.2, 0) is 0 Å². The number of hydrogen-bond donors (Lipinski definition) is 0. The number of anilines is 1. The van der Waals surface area contributed by atoms with E-state index in [1.54, 1.807) is 6.20 Å². The molecule has 1 aromatic heterocycles. The Morgan fingerprint density at radius 3 is 2.50 bits per heavy atom. The van der Waals surface area contributed by atoms with Crippen molar-refractivity contribution in [3.63, 3.8) is 0 Å². The lowest BCUT2D eigenvalue weighted by atomic mass is 9.97. The second-order valence-corrected chi connectivity index (χ2v) is 5.21. The highest BCUT2D eigenvalue weighted by atomic mass is 19.3. The Hall–Kier alpha value is -1.26. The number of aromatic nitrogens is 2. The van der Waals surface area contributed by atoms with Gasteiger partial charge in [-0.15, -0.1) is 0 Å². The monoisotopic (exact) mass is 253 g/mol. The van der Waals surface area contributed by atoms with Crippen LogP contribution in [0.25, 0.3) is 0 Å². The van der Waals surface area contributed by atoms with E-state index in [9.17, 15) is 8.78 Å². The highest BCUT2D eigenvalue weighted by molar-refractivity contribution is 5.38. The smallest absolute Gasteiger partial charge is 0.241 e. The first-order valence-electron chi connectivity index (χ1n) is 6.60. The molecule has 0 aromatic carbocycles. The summed E-state index contributed by atoms with van der Waals surface area (Å²) in [5.41, 5.74) is 0. The average molecular weight is 253 g/mol. The van der Waals surface area contributed by atoms with Crippen molar-refractivity contribution in [2.24, 2.45) is 5.92 Å². The van der Waals surface area contributed by atoms with Gasteiger partial charge < -0.3 is 4.90 Å². The van der Waals surface area contributed by atoms with Gasteiger partial charge in [-0.2, -0.15) is 0 Å². The molecule has 0 spiro atoms. The van der Waals surface area contributed by atoms with Gasteiger partial charge in [0, 0.05) is 31.1 Å². The molecule has 98 valence electrons. The highest BCUT2D eigenvalue weighted by Gasteiger charge is 2.29. The predicted octanol–water partition coefficient (Wildman–Crippen LogP) is 2.84. The first kappa shape index (κ1) is 11.8. The molecule has 5 heteroatoms. The molecule has 18 heavy (non-hydrogen) atoms. The molecule has 0 amide bonds.